The van der Waals surface area contributed by atoms with Crippen molar-refractivity contribution in [1.29, 1.82) is 0 Å². The number of H-pyrrole nitrogens is 1. The van der Waals surface area contributed by atoms with Crippen molar-refractivity contribution in [3.63, 3.8) is 0 Å². The van der Waals surface area contributed by atoms with Crippen molar-refractivity contribution in [2.45, 2.75) is 0 Å². The van der Waals surface area contributed by atoms with Gasteiger partial charge in [0.1, 0.15) is 11.3 Å². The SMILES string of the molecule is O=C1NC(=O)C(c2coc3ccc(O)cc23)=C1c1c[nH]c2ccccc12. The first-order valence-electron chi connectivity index (χ1n) is 8.00. The molecule has 6 nitrogen and oxygen atoms in total. The fourth-order valence-corrected chi connectivity index (χ4v) is 3.46. The van der Waals surface area contributed by atoms with Gasteiger partial charge in [-0.3, -0.25) is 14.9 Å². The third-order valence-electron chi connectivity index (χ3n) is 4.62. The minimum atomic E-state index is -0.485. The zero-order chi connectivity index (χ0) is 17.8. The number of hydrogen-bond acceptors (Lipinski definition) is 4. The van der Waals surface area contributed by atoms with E-state index in [0.717, 1.165) is 10.9 Å². The molecule has 0 atom stereocenters. The van der Waals surface area contributed by atoms with Gasteiger partial charge in [-0.05, 0) is 24.3 Å². The Kier molecular flexibility index (Phi) is 2.85. The number of phenols is 1. The van der Waals surface area contributed by atoms with Gasteiger partial charge in [0.2, 0.25) is 0 Å². The van der Waals surface area contributed by atoms with Gasteiger partial charge in [0.25, 0.3) is 11.8 Å². The van der Waals surface area contributed by atoms with Crippen LogP contribution in [0.15, 0.2) is 59.3 Å². The van der Waals surface area contributed by atoms with E-state index >= 15 is 0 Å². The molecule has 0 unspecified atom stereocenters. The van der Waals surface area contributed by atoms with E-state index in [4.69, 9.17) is 4.42 Å². The first-order valence-corrected chi connectivity index (χ1v) is 8.00. The molecule has 0 saturated carbocycles. The molecule has 5 rings (SSSR count). The molecule has 0 bridgehead atoms. The van der Waals surface area contributed by atoms with Crippen LogP contribution in [0.5, 0.6) is 5.75 Å². The van der Waals surface area contributed by atoms with Crippen molar-refractivity contribution in [2.75, 3.05) is 0 Å². The molecule has 0 fully saturated rings. The topological polar surface area (TPSA) is 95.3 Å². The lowest BCUT2D eigenvalue weighted by molar-refractivity contribution is -0.122. The fourth-order valence-electron chi connectivity index (χ4n) is 3.46. The molecule has 2 aromatic heterocycles. The molecule has 1 aliphatic heterocycles. The van der Waals surface area contributed by atoms with Gasteiger partial charge in [-0.1, -0.05) is 18.2 Å². The summed E-state index contributed by atoms with van der Waals surface area (Å²) in [5.41, 5.74) is 3.04. The Labute approximate surface area is 146 Å². The van der Waals surface area contributed by atoms with Crippen LogP contribution in [-0.2, 0) is 9.59 Å². The molecule has 4 aromatic rings. The van der Waals surface area contributed by atoms with Crippen molar-refractivity contribution in [2.24, 2.45) is 0 Å². The predicted octanol–water partition coefficient (Wildman–Crippen LogP) is 3.19. The second-order valence-corrected chi connectivity index (χ2v) is 6.11. The van der Waals surface area contributed by atoms with Gasteiger partial charge in [0, 0.05) is 33.6 Å². The summed E-state index contributed by atoms with van der Waals surface area (Å²) in [6.07, 6.45) is 3.16. The van der Waals surface area contributed by atoms with Crippen LogP contribution in [0.1, 0.15) is 11.1 Å². The number of para-hydroxylation sites is 1. The number of benzene rings is 2. The number of rotatable bonds is 2. The Morgan fingerprint density at radius 1 is 0.885 bits per heavy atom. The largest absolute Gasteiger partial charge is 0.508 e. The molecule has 126 valence electrons. The first-order chi connectivity index (χ1) is 12.6. The zero-order valence-corrected chi connectivity index (χ0v) is 13.4. The van der Waals surface area contributed by atoms with Gasteiger partial charge in [0.15, 0.2) is 0 Å². The highest BCUT2D eigenvalue weighted by atomic mass is 16.3. The molecule has 1 aliphatic rings. The maximum atomic E-state index is 12.6. The Morgan fingerprint density at radius 3 is 2.50 bits per heavy atom. The first kappa shape index (κ1) is 14.5. The average Bonchev–Trinajstić information content (AvgIpc) is 3.29. The van der Waals surface area contributed by atoms with Crippen LogP contribution in [0.25, 0.3) is 33.0 Å². The number of aromatic nitrogens is 1. The highest BCUT2D eigenvalue weighted by molar-refractivity contribution is 6.50. The molecule has 2 aromatic carbocycles. The summed E-state index contributed by atoms with van der Waals surface area (Å²) in [6.45, 7) is 0. The number of furan rings is 1. The molecule has 0 spiro atoms. The van der Waals surface area contributed by atoms with E-state index in [2.05, 4.69) is 10.3 Å². The average molecular weight is 344 g/mol. The minimum Gasteiger partial charge on any atom is -0.508 e. The molecule has 2 amide bonds. The van der Waals surface area contributed by atoms with Crippen LogP contribution in [0.2, 0.25) is 0 Å². The van der Waals surface area contributed by atoms with Gasteiger partial charge in [-0.25, -0.2) is 0 Å². The van der Waals surface area contributed by atoms with Gasteiger partial charge in [-0.2, -0.15) is 0 Å². The number of carbonyl (C=O) groups is 2. The summed E-state index contributed by atoms with van der Waals surface area (Å²) in [6, 6.07) is 12.2. The van der Waals surface area contributed by atoms with E-state index in [9.17, 15) is 14.7 Å². The van der Waals surface area contributed by atoms with Crippen LogP contribution in [0.4, 0.5) is 0 Å². The summed E-state index contributed by atoms with van der Waals surface area (Å²) in [4.78, 5) is 28.2. The molecule has 6 heteroatoms. The van der Waals surface area contributed by atoms with E-state index in [1.807, 2.05) is 24.3 Å². The number of fused-ring (bicyclic) bond motifs is 2. The van der Waals surface area contributed by atoms with Gasteiger partial charge in [0.05, 0.1) is 17.4 Å². The summed E-state index contributed by atoms with van der Waals surface area (Å²) < 4.78 is 5.51. The lowest BCUT2D eigenvalue weighted by Crippen LogP contribution is -2.22. The number of aromatic amines is 1. The number of phenolic OH excluding ortho intramolecular Hbond substituents is 1. The molecule has 3 N–H and O–H groups in total. The minimum absolute atomic E-state index is 0.0547. The Bertz CT molecular complexity index is 1260. The molecule has 0 radical (unpaired) electrons. The summed E-state index contributed by atoms with van der Waals surface area (Å²) in [5.74, 6) is -0.885. The highest BCUT2D eigenvalue weighted by Gasteiger charge is 2.35. The Morgan fingerprint density at radius 2 is 1.65 bits per heavy atom. The monoisotopic (exact) mass is 344 g/mol. The Balaban J connectivity index is 1.85. The molecular formula is C20H12N2O4. The fraction of sp³-hybridized carbons (Fsp3) is 0. The third-order valence-corrected chi connectivity index (χ3v) is 4.62. The third kappa shape index (κ3) is 1.92. The van der Waals surface area contributed by atoms with Crippen molar-refractivity contribution < 1.29 is 19.1 Å². The number of hydrogen-bond donors (Lipinski definition) is 3. The normalized spacial score (nSPS) is 14.6. The van der Waals surface area contributed by atoms with E-state index in [1.54, 1.807) is 12.3 Å². The van der Waals surface area contributed by atoms with E-state index < -0.39 is 11.8 Å². The Hall–Kier alpha value is -3.80. The van der Waals surface area contributed by atoms with Crippen LogP contribution in [-0.4, -0.2) is 21.9 Å². The molecule has 3 heterocycles. The molecular weight excluding hydrogens is 332 g/mol. The number of amides is 2. The van der Waals surface area contributed by atoms with Crippen LogP contribution < -0.4 is 5.32 Å². The molecule has 26 heavy (non-hydrogen) atoms. The predicted molar refractivity (Wildman–Crippen MR) is 96.1 cm³/mol. The van der Waals surface area contributed by atoms with Crippen LogP contribution in [0.3, 0.4) is 0 Å². The van der Waals surface area contributed by atoms with Crippen LogP contribution in [0, 0.1) is 0 Å². The lowest BCUT2D eigenvalue weighted by Gasteiger charge is -2.02. The number of nitrogens with one attached hydrogen (secondary N) is 2. The maximum Gasteiger partial charge on any atom is 0.259 e. The number of carbonyl (C=O) groups excluding carboxylic acids is 2. The smallest absolute Gasteiger partial charge is 0.259 e. The summed E-state index contributed by atoms with van der Waals surface area (Å²) >= 11 is 0. The summed E-state index contributed by atoms with van der Waals surface area (Å²) in [7, 11) is 0. The van der Waals surface area contributed by atoms with Gasteiger partial charge < -0.3 is 14.5 Å². The van der Waals surface area contributed by atoms with Gasteiger partial charge >= 0.3 is 0 Å². The molecule has 0 saturated heterocycles. The second-order valence-electron chi connectivity index (χ2n) is 6.11. The lowest BCUT2D eigenvalue weighted by atomic mass is 9.95. The zero-order valence-electron chi connectivity index (χ0n) is 13.4. The van der Waals surface area contributed by atoms with Crippen LogP contribution >= 0.6 is 0 Å². The number of imide groups is 1. The quantitative estimate of drug-likeness (QED) is 0.487. The van der Waals surface area contributed by atoms with Gasteiger partial charge in [-0.15, -0.1) is 0 Å². The van der Waals surface area contributed by atoms with Crippen molar-refractivity contribution >= 4 is 44.8 Å². The molecule has 0 aliphatic carbocycles. The van der Waals surface area contributed by atoms with Crippen molar-refractivity contribution in [1.82, 2.24) is 10.3 Å². The van der Waals surface area contributed by atoms with E-state index in [-0.39, 0.29) is 11.3 Å². The standard InChI is InChI=1S/C20H12N2O4/c23-10-5-6-16-12(7-10)14(9-26-16)18-17(19(24)22-20(18)25)13-8-21-15-4-2-1-3-11(13)15/h1-9,21,23H,(H,22,24,25). The number of aromatic hydroxyl groups is 1. The van der Waals surface area contributed by atoms with Crippen molar-refractivity contribution in [3.05, 3.63) is 66.1 Å². The van der Waals surface area contributed by atoms with E-state index in [1.165, 1.54) is 18.4 Å². The second kappa shape index (κ2) is 5.10. The summed E-state index contributed by atoms with van der Waals surface area (Å²) in [5, 5.41) is 13.6. The highest BCUT2D eigenvalue weighted by Crippen LogP contribution is 2.38. The maximum absolute atomic E-state index is 12.6. The van der Waals surface area contributed by atoms with Crippen molar-refractivity contribution in [3.8, 4) is 5.75 Å². The van der Waals surface area contributed by atoms with E-state index in [0.29, 0.717) is 27.7 Å².